The molecule has 25 heavy (non-hydrogen) atoms. The minimum Gasteiger partial charge on any atom is -0.468 e. The zero-order valence-corrected chi connectivity index (χ0v) is 15.2. The van der Waals surface area contributed by atoms with E-state index in [4.69, 9.17) is 4.42 Å². The van der Waals surface area contributed by atoms with E-state index in [2.05, 4.69) is 46.2 Å². The summed E-state index contributed by atoms with van der Waals surface area (Å²) in [5, 5.41) is 0. The zero-order chi connectivity index (χ0) is 17.0. The highest BCUT2D eigenvalue weighted by Gasteiger charge is 2.41. The predicted molar refractivity (Wildman–Crippen MR) is 101 cm³/mol. The van der Waals surface area contributed by atoms with E-state index in [1.54, 1.807) is 6.26 Å². The molecule has 2 fully saturated rings. The Morgan fingerprint density at radius 1 is 0.920 bits per heavy atom. The van der Waals surface area contributed by atoms with E-state index in [1.807, 2.05) is 6.07 Å². The van der Waals surface area contributed by atoms with Gasteiger partial charge in [0.2, 0.25) is 0 Å². The van der Waals surface area contributed by atoms with Crippen LogP contribution in [0.25, 0.3) is 0 Å². The molecule has 1 aromatic carbocycles. The van der Waals surface area contributed by atoms with E-state index in [1.165, 1.54) is 70.4 Å². The lowest BCUT2D eigenvalue weighted by molar-refractivity contribution is 0.0902. The van der Waals surface area contributed by atoms with Crippen molar-refractivity contribution in [1.29, 1.82) is 0 Å². The van der Waals surface area contributed by atoms with E-state index in [9.17, 15) is 0 Å². The Kier molecular flexibility index (Phi) is 5.23. The highest BCUT2D eigenvalue weighted by Crippen LogP contribution is 2.39. The minimum absolute atomic E-state index is 0.525. The van der Waals surface area contributed by atoms with E-state index in [-0.39, 0.29) is 0 Å². The molecule has 0 bridgehead atoms. The number of rotatable bonds is 6. The quantitative estimate of drug-likeness (QED) is 0.787. The highest BCUT2D eigenvalue weighted by molar-refractivity contribution is 5.14. The van der Waals surface area contributed by atoms with Crippen LogP contribution in [0.1, 0.15) is 37.0 Å². The summed E-state index contributed by atoms with van der Waals surface area (Å²) in [7, 11) is 0. The van der Waals surface area contributed by atoms with Gasteiger partial charge in [0.25, 0.3) is 0 Å². The number of likely N-dealkylation sites (tertiary alicyclic amines) is 2. The molecule has 134 valence electrons. The normalized spacial score (nSPS) is 25.0. The monoisotopic (exact) mass is 338 g/mol. The summed E-state index contributed by atoms with van der Waals surface area (Å²) in [6.07, 6.45) is 8.38. The van der Waals surface area contributed by atoms with Crippen LogP contribution in [0.2, 0.25) is 0 Å². The first-order valence-corrected chi connectivity index (χ1v) is 9.82. The average Bonchev–Trinajstić information content (AvgIpc) is 3.27. The third kappa shape index (κ3) is 4.34. The fourth-order valence-electron chi connectivity index (χ4n) is 4.77. The van der Waals surface area contributed by atoms with Gasteiger partial charge in [0, 0.05) is 13.1 Å². The first-order chi connectivity index (χ1) is 12.3. The van der Waals surface area contributed by atoms with Crippen LogP contribution in [0.4, 0.5) is 0 Å². The van der Waals surface area contributed by atoms with E-state index >= 15 is 0 Å². The molecule has 2 aromatic rings. The van der Waals surface area contributed by atoms with Gasteiger partial charge in [0.05, 0.1) is 12.8 Å². The molecule has 1 spiro atoms. The molecule has 3 heteroatoms. The number of furan rings is 1. The van der Waals surface area contributed by atoms with Crippen molar-refractivity contribution in [3.05, 3.63) is 60.1 Å². The maximum Gasteiger partial charge on any atom is 0.117 e. The van der Waals surface area contributed by atoms with E-state index < -0.39 is 0 Å². The van der Waals surface area contributed by atoms with Crippen molar-refractivity contribution in [2.24, 2.45) is 5.41 Å². The molecule has 1 aromatic heterocycles. The SMILES string of the molecule is c1ccc(CCCN2CCC[C@@]3(CCN(Cc4ccco4)C3)C2)cc1. The van der Waals surface area contributed by atoms with Gasteiger partial charge in [-0.15, -0.1) is 0 Å². The van der Waals surface area contributed by atoms with Crippen molar-refractivity contribution >= 4 is 0 Å². The number of hydrogen-bond acceptors (Lipinski definition) is 3. The van der Waals surface area contributed by atoms with Crippen LogP contribution in [-0.4, -0.2) is 42.5 Å². The lowest BCUT2D eigenvalue weighted by Crippen LogP contribution is -2.45. The molecule has 0 saturated carbocycles. The summed E-state index contributed by atoms with van der Waals surface area (Å²) in [5.74, 6) is 1.10. The van der Waals surface area contributed by atoms with Crippen LogP contribution in [0, 0.1) is 5.41 Å². The van der Waals surface area contributed by atoms with Crippen LogP contribution in [0.5, 0.6) is 0 Å². The van der Waals surface area contributed by atoms with Crippen molar-refractivity contribution in [2.75, 3.05) is 32.7 Å². The molecule has 0 unspecified atom stereocenters. The third-order valence-corrected chi connectivity index (χ3v) is 6.00. The smallest absolute Gasteiger partial charge is 0.117 e. The van der Waals surface area contributed by atoms with Crippen molar-refractivity contribution in [3.63, 3.8) is 0 Å². The molecule has 2 aliphatic heterocycles. The number of aryl methyl sites for hydroxylation is 1. The van der Waals surface area contributed by atoms with Crippen LogP contribution in [-0.2, 0) is 13.0 Å². The maximum atomic E-state index is 5.54. The van der Waals surface area contributed by atoms with Crippen molar-refractivity contribution < 1.29 is 4.42 Å². The second-order valence-electron chi connectivity index (χ2n) is 8.01. The number of hydrogen-bond donors (Lipinski definition) is 0. The van der Waals surface area contributed by atoms with Gasteiger partial charge in [-0.1, -0.05) is 30.3 Å². The van der Waals surface area contributed by atoms with E-state index in [0.29, 0.717) is 5.41 Å². The summed E-state index contributed by atoms with van der Waals surface area (Å²) in [6.45, 7) is 7.25. The first-order valence-electron chi connectivity index (χ1n) is 9.82. The topological polar surface area (TPSA) is 19.6 Å². The molecule has 3 heterocycles. The third-order valence-electron chi connectivity index (χ3n) is 6.00. The van der Waals surface area contributed by atoms with Gasteiger partial charge in [-0.2, -0.15) is 0 Å². The maximum absolute atomic E-state index is 5.54. The van der Waals surface area contributed by atoms with Gasteiger partial charge in [0.15, 0.2) is 0 Å². The molecular formula is C22H30N2O. The summed E-state index contributed by atoms with van der Waals surface area (Å²) in [4.78, 5) is 5.31. The molecule has 2 aliphatic rings. The Morgan fingerprint density at radius 3 is 2.64 bits per heavy atom. The lowest BCUT2D eigenvalue weighted by atomic mass is 9.79. The molecule has 2 saturated heterocycles. The van der Waals surface area contributed by atoms with Crippen LogP contribution >= 0.6 is 0 Å². The van der Waals surface area contributed by atoms with Gasteiger partial charge >= 0.3 is 0 Å². The minimum atomic E-state index is 0.525. The number of nitrogens with zero attached hydrogens (tertiary/aromatic N) is 2. The highest BCUT2D eigenvalue weighted by atomic mass is 16.3. The molecule has 3 nitrogen and oxygen atoms in total. The summed E-state index contributed by atoms with van der Waals surface area (Å²) in [5.41, 5.74) is 2.00. The van der Waals surface area contributed by atoms with Crippen LogP contribution in [0.15, 0.2) is 53.1 Å². The lowest BCUT2D eigenvalue weighted by Gasteiger charge is -2.40. The molecule has 4 rings (SSSR count). The Hall–Kier alpha value is -1.58. The summed E-state index contributed by atoms with van der Waals surface area (Å²) < 4.78 is 5.54. The average molecular weight is 338 g/mol. The molecule has 0 aliphatic carbocycles. The Morgan fingerprint density at radius 2 is 1.80 bits per heavy atom. The molecule has 0 radical (unpaired) electrons. The summed E-state index contributed by atoms with van der Waals surface area (Å²) >= 11 is 0. The van der Waals surface area contributed by atoms with Crippen molar-refractivity contribution in [1.82, 2.24) is 9.80 Å². The molecular weight excluding hydrogens is 308 g/mol. The van der Waals surface area contributed by atoms with Crippen LogP contribution in [0.3, 0.4) is 0 Å². The van der Waals surface area contributed by atoms with Gasteiger partial charge < -0.3 is 9.32 Å². The van der Waals surface area contributed by atoms with Gasteiger partial charge in [-0.3, -0.25) is 4.90 Å². The second-order valence-corrected chi connectivity index (χ2v) is 8.01. The Balaban J connectivity index is 1.26. The summed E-state index contributed by atoms with van der Waals surface area (Å²) in [6, 6.07) is 15.0. The Labute approximate surface area is 151 Å². The van der Waals surface area contributed by atoms with Crippen molar-refractivity contribution in [2.45, 2.75) is 38.6 Å². The molecule has 0 amide bonds. The van der Waals surface area contributed by atoms with Crippen LogP contribution < -0.4 is 0 Å². The number of benzene rings is 1. The first kappa shape index (κ1) is 16.9. The fourth-order valence-corrected chi connectivity index (χ4v) is 4.77. The standard InChI is InChI=1S/C22H30N2O/c1-2-7-20(8-3-1)9-4-13-23-14-6-11-22(18-23)12-15-24(19-22)17-21-10-5-16-25-21/h1-3,5,7-8,10,16H,4,6,9,11-15,17-19H2/t22-/m1/s1. The van der Waals surface area contributed by atoms with E-state index in [0.717, 1.165) is 12.3 Å². The Bertz CT molecular complexity index is 639. The van der Waals surface area contributed by atoms with Gasteiger partial charge in [-0.25, -0.2) is 0 Å². The van der Waals surface area contributed by atoms with Gasteiger partial charge in [-0.05, 0) is 74.8 Å². The fraction of sp³-hybridized carbons (Fsp3) is 0.545. The largest absolute Gasteiger partial charge is 0.468 e. The van der Waals surface area contributed by atoms with Crippen molar-refractivity contribution in [3.8, 4) is 0 Å². The zero-order valence-electron chi connectivity index (χ0n) is 15.2. The number of piperidine rings is 1. The molecule has 0 N–H and O–H groups in total. The van der Waals surface area contributed by atoms with Gasteiger partial charge in [0.1, 0.15) is 5.76 Å². The second kappa shape index (κ2) is 7.76. The molecule has 1 atom stereocenters. The predicted octanol–water partition coefficient (Wildman–Crippen LogP) is 4.20.